The van der Waals surface area contributed by atoms with Crippen molar-refractivity contribution in [1.29, 1.82) is 5.26 Å². The van der Waals surface area contributed by atoms with Crippen LogP contribution in [0.15, 0.2) is 39.8 Å². The SMILES string of the molecule is Cc1cc(CSc2ccccc2C(=O)OCC(=O)NC2(C#N)CCCC2)no1. The number of ether oxygens (including phenoxy) is 1. The Balaban J connectivity index is 1.57. The van der Waals surface area contributed by atoms with Gasteiger partial charge in [-0.15, -0.1) is 11.8 Å². The van der Waals surface area contributed by atoms with Gasteiger partial charge >= 0.3 is 5.97 Å². The number of nitrogens with zero attached hydrogens (tertiary/aromatic N) is 2. The lowest BCUT2D eigenvalue weighted by Crippen LogP contribution is -2.46. The van der Waals surface area contributed by atoms with Crippen molar-refractivity contribution in [2.75, 3.05) is 6.61 Å². The summed E-state index contributed by atoms with van der Waals surface area (Å²) in [5.74, 6) is 0.242. The molecule has 1 N–H and O–H groups in total. The van der Waals surface area contributed by atoms with E-state index in [9.17, 15) is 14.9 Å². The average molecular weight is 399 g/mol. The lowest BCUT2D eigenvalue weighted by molar-refractivity contribution is -0.125. The molecule has 1 saturated carbocycles. The van der Waals surface area contributed by atoms with Crippen molar-refractivity contribution in [1.82, 2.24) is 10.5 Å². The molecular weight excluding hydrogens is 378 g/mol. The molecule has 28 heavy (non-hydrogen) atoms. The fourth-order valence-electron chi connectivity index (χ4n) is 3.15. The number of aryl methyl sites for hydroxylation is 1. The third-order valence-electron chi connectivity index (χ3n) is 4.54. The van der Waals surface area contributed by atoms with Gasteiger partial charge in [-0.3, -0.25) is 4.79 Å². The first-order valence-corrected chi connectivity index (χ1v) is 10.0. The lowest BCUT2D eigenvalue weighted by Gasteiger charge is -2.21. The van der Waals surface area contributed by atoms with Crippen LogP contribution in [-0.4, -0.2) is 29.2 Å². The van der Waals surface area contributed by atoms with Gasteiger partial charge in [-0.05, 0) is 44.7 Å². The zero-order chi connectivity index (χ0) is 20.0. The van der Waals surface area contributed by atoms with Gasteiger partial charge in [0, 0.05) is 16.7 Å². The molecule has 0 atom stereocenters. The third kappa shape index (κ3) is 4.93. The van der Waals surface area contributed by atoms with Gasteiger partial charge < -0.3 is 14.6 Å². The van der Waals surface area contributed by atoms with E-state index < -0.39 is 24.0 Å². The van der Waals surface area contributed by atoms with Crippen LogP contribution in [0.1, 0.15) is 47.5 Å². The number of hydrogen-bond donors (Lipinski definition) is 1. The van der Waals surface area contributed by atoms with Gasteiger partial charge in [0.2, 0.25) is 0 Å². The van der Waals surface area contributed by atoms with Crippen LogP contribution in [0, 0.1) is 18.3 Å². The molecule has 146 valence electrons. The summed E-state index contributed by atoms with van der Waals surface area (Å²) in [4.78, 5) is 25.3. The second kappa shape index (κ2) is 8.93. The van der Waals surface area contributed by atoms with Crippen LogP contribution < -0.4 is 5.32 Å². The van der Waals surface area contributed by atoms with E-state index in [-0.39, 0.29) is 0 Å². The predicted octanol–water partition coefficient (Wildman–Crippen LogP) is 3.38. The fraction of sp³-hybridized carbons (Fsp3) is 0.400. The first-order chi connectivity index (χ1) is 13.5. The summed E-state index contributed by atoms with van der Waals surface area (Å²) < 4.78 is 10.2. The Morgan fingerprint density at radius 3 is 2.79 bits per heavy atom. The van der Waals surface area contributed by atoms with Crippen molar-refractivity contribution in [3.8, 4) is 6.07 Å². The van der Waals surface area contributed by atoms with E-state index in [4.69, 9.17) is 9.26 Å². The van der Waals surface area contributed by atoms with Gasteiger partial charge in [-0.2, -0.15) is 5.26 Å². The Labute approximate surface area is 167 Å². The number of esters is 1. The summed E-state index contributed by atoms with van der Waals surface area (Å²) in [6, 6.07) is 11.1. The molecule has 3 rings (SSSR count). The number of hydrogen-bond acceptors (Lipinski definition) is 7. The highest BCUT2D eigenvalue weighted by molar-refractivity contribution is 7.98. The Morgan fingerprint density at radius 1 is 1.36 bits per heavy atom. The van der Waals surface area contributed by atoms with Crippen LogP contribution in [0.2, 0.25) is 0 Å². The molecule has 1 aromatic carbocycles. The van der Waals surface area contributed by atoms with E-state index in [1.807, 2.05) is 25.1 Å². The molecule has 8 heteroatoms. The summed E-state index contributed by atoms with van der Waals surface area (Å²) in [6.07, 6.45) is 3.07. The lowest BCUT2D eigenvalue weighted by atomic mass is 10.00. The second-order valence-corrected chi connectivity index (χ2v) is 7.76. The van der Waals surface area contributed by atoms with Crippen LogP contribution in [0.5, 0.6) is 0 Å². The predicted molar refractivity (Wildman–Crippen MR) is 102 cm³/mol. The molecule has 0 bridgehead atoms. The van der Waals surface area contributed by atoms with E-state index in [1.54, 1.807) is 12.1 Å². The molecule has 7 nitrogen and oxygen atoms in total. The molecule has 0 radical (unpaired) electrons. The van der Waals surface area contributed by atoms with Crippen LogP contribution >= 0.6 is 11.8 Å². The van der Waals surface area contributed by atoms with E-state index in [2.05, 4.69) is 16.5 Å². The zero-order valence-electron chi connectivity index (χ0n) is 15.6. The summed E-state index contributed by atoms with van der Waals surface area (Å²) >= 11 is 1.44. The molecule has 0 aliphatic heterocycles. The van der Waals surface area contributed by atoms with Gasteiger partial charge in [0.1, 0.15) is 11.3 Å². The molecule has 0 spiro atoms. The van der Waals surface area contributed by atoms with Crippen molar-refractivity contribution in [2.24, 2.45) is 0 Å². The molecule has 1 aliphatic carbocycles. The molecule has 0 unspecified atom stereocenters. The number of rotatable bonds is 7. The minimum Gasteiger partial charge on any atom is -0.452 e. The van der Waals surface area contributed by atoms with Crippen LogP contribution in [0.4, 0.5) is 0 Å². The summed E-state index contributed by atoms with van der Waals surface area (Å²) in [5.41, 5.74) is 0.340. The van der Waals surface area contributed by atoms with Crippen LogP contribution in [0.25, 0.3) is 0 Å². The standard InChI is InChI=1S/C20H21N3O4S/c1-14-10-15(23-27-14)12-28-17-7-3-2-6-16(17)19(25)26-11-18(24)22-20(13-21)8-4-5-9-20/h2-3,6-7,10H,4-5,8-9,11-12H2,1H3,(H,22,24). The number of carbonyl (C=O) groups excluding carboxylic acids is 2. The van der Waals surface area contributed by atoms with Gasteiger partial charge in [-0.1, -0.05) is 17.3 Å². The topological polar surface area (TPSA) is 105 Å². The van der Waals surface area contributed by atoms with Gasteiger partial charge in [0.25, 0.3) is 5.91 Å². The monoisotopic (exact) mass is 399 g/mol. The van der Waals surface area contributed by atoms with E-state index >= 15 is 0 Å². The number of aromatic nitrogens is 1. The number of benzene rings is 1. The first-order valence-electron chi connectivity index (χ1n) is 9.05. The van der Waals surface area contributed by atoms with Gasteiger partial charge in [0.15, 0.2) is 6.61 Å². The highest BCUT2D eigenvalue weighted by atomic mass is 32.2. The first kappa shape index (κ1) is 20.0. The second-order valence-electron chi connectivity index (χ2n) is 6.74. The zero-order valence-corrected chi connectivity index (χ0v) is 16.4. The maximum absolute atomic E-state index is 12.5. The third-order valence-corrected chi connectivity index (χ3v) is 5.65. The van der Waals surface area contributed by atoms with Gasteiger partial charge in [-0.25, -0.2) is 4.79 Å². The smallest absolute Gasteiger partial charge is 0.339 e. The minimum absolute atomic E-state index is 0.386. The fourth-order valence-corrected chi connectivity index (χ4v) is 4.08. The van der Waals surface area contributed by atoms with Crippen molar-refractivity contribution < 1.29 is 18.8 Å². The van der Waals surface area contributed by atoms with Gasteiger partial charge in [0.05, 0.1) is 17.3 Å². The van der Waals surface area contributed by atoms with E-state index in [1.165, 1.54) is 11.8 Å². The highest BCUT2D eigenvalue weighted by Gasteiger charge is 2.35. The van der Waals surface area contributed by atoms with Crippen LogP contribution in [-0.2, 0) is 15.3 Å². The van der Waals surface area contributed by atoms with Crippen molar-refractivity contribution >= 4 is 23.6 Å². The molecule has 2 aromatic rings. The number of thioether (sulfide) groups is 1. The molecule has 0 saturated heterocycles. The van der Waals surface area contributed by atoms with Crippen LogP contribution in [0.3, 0.4) is 0 Å². The Kier molecular flexibility index (Phi) is 6.37. The summed E-state index contributed by atoms with van der Waals surface area (Å²) in [6.45, 7) is 1.41. The molecule has 1 aliphatic rings. The van der Waals surface area contributed by atoms with Crippen molar-refractivity contribution in [3.05, 3.63) is 47.3 Å². The average Bonchev–Trinajstić information content (AvgIpc) is 3.34. The number of nitrogens with one attached hydrogen (secondary N) is 1. The molecule has 1 aromatic heterocycles. The quantitative estimate of drug-likeness (QED) is 0.562. The molecule has 1 heterocycles. The summed E-state index contributed by atoms with van der Waals surface area (Å²) in [5, 5.41) is 16.0. The van der Waals surface area contributed by atoms with E-state index in [0.717, 1.165) is 29.2 Å². The normalized spacial score (nSPS) is 15.0. The minimum atomic E-state index is -0.826. The number of nitriles is 1. The molecule has 1 fully saturated rings. The Bertz CT molecular complexity index is 897. The molecular formula is C20H21N3O4S. The maximum Gasteiger partial charge on any atom is 0.339 e. The summed E-state index contributed by atoms with van der Waals surface area (Å²) in [7, 11) is 0. The largest absolute Gasteiger partial charge is 0.452 e. The van der Waals surface area contributed by atoms with Crippen molar-refractivity contribution in [3.63, 3.8) is 0 Å². The maximum atomic E-state index is 12.5. The number of amides is 1. The Hall–Kier alpha value is -2.79. The number of carbonyl (C=O) groups is 2. The van der Waals surface area contributed by atoms with Crippen molar-refractivity contribution in [2.45, 2.75) is 48.8 Å². The molecule has 1 amide bonds. The van der Waals surface area contributed by atoms with E-state index in [0.29, 0.717) is 24.2 Å². The Morgan fingerprint density at radius 2 is 2.11 bits per heavy atom. The highest BCUT2D eigenvalue weighted by Crippen LogP contribution is 2.29.